The van der Waals surface area contributed by atoms with Crippen molar-refractivity contribution in [2.75, 3.05) is 6.61 Å². The molecular weight excluding hydrogens is 526 g/mol. The molecule has 0 aliphatic rings. The summed E-state index contributed by atoms with van der Waals surface area (Å²) in [6, 6.07) is 9.21. The quantitative estimate of drug-likeness (QED) is 0.333. The monoisotopic (exact) mass is 549 g/mol. The molecule has 0 unspecified atom stereocenters. The van der Waals surface area contributed by atoms with E-state index in [4.69, 9.17) is 9.47 Å². The highest BCUT2D eigenvalue weighted by Gasteiger charge is 2.15. The average molecular weight is 551 g/mol. The zero-order valence-corrected chi connectivity index (χ0v) is 21.3. The molecule has 3 aromatic rings. The minimum absolute atomic E-state index is 0.00481. The molecule has 0 saturated heterocycles. The van der Waals surface area contributed by atoms with Crippen LogP contribution in [0.2, 0.25) is 0 Å². The average Bonchev–Trinajstić information content (AvgIpc) is 2.70. The van der Waals surface area contributed by atoms with Crippen LogP contribution in [-0.4, -0.2) is 28.6 Å². The molecule has 8 heteroatoms. The summed E-state index contributed by atoms with van der Waals surface area (Å²) in [6.45, 7) is 10.3. The van der Waals surface area contributed by atoms with Gasteiger partial charge in [-0.05, 0) is 72.6 Å². The highest BCUT2D eigenvalue weighted by Crippen LogP contribution is 2.37. The molecule has 2 aromatic carbocycles. The van der Waals surface area contributed by atoms with E-state index in [0.717, 1.165) is 14.5 Å². The number of nitrogens with zero attached hydrogens (tertiary/aromatic N) is 3. The van der Waals surface area contributed by atoms with Crippen LogP contribution in [-0.2, 0) is 0 Å². The number of hydrogen-bond donors (Lipinski definition) is 0. The Morgan fingerprint density at radius 1 is 1.16 bits per heavy atom. The minimum atomic E-state index is -0.213. The van der Waals surface area contributed by atoms with E-state index in [-0.39, 0.29) is 17.6 Å². The first-order valence-electron chi connectivity index (χ1n) is 10.1. The summed E-state index contributed by atoms with van der Waals surface area (Å²) >= 11 is 6.99. The molecule has 0 aliphatic carbocycles. The van der Waals surface area contributed by atoms with E-state index in [2.05, 4.69) is 41.9 Å². The van der Waals surface area contributed by atoms with Crippen molar-refractivity contribution in [3.63, 3.8) is 0 Å². The van der Waals surface area contributed by atoms with Gasteiger partial charge < -0.3 is 9.47 Å². The summed E-state index contributed by atoms with van der Waals surface area (Å²) in [5.41, 5.74) is 1.21. The zero-order chi connectivity index (χ0) is 22.7. The number of hydrogen-bond acceptors (Lipinski definition) is 5. The van der Waals surface area contributed by atoms with Crippen LogP contribution in [0.15, 0.2) is 49.2 Å². The fourth-order valence-corrected chi connectivity index (χ4v) is 3.97. The van der Waals surface area contributed by atoms with Crippen molar-refractivity contribution in [1.29, 1.82) is 0 Å². The summed E-state index contributed by atoms with van der Waals surface area (Å²) in [5.74, 6) is 1.88. The molecule has 0 amide bonds. The lowest BCUT2D eigenvalue weighted by Gasteiger charge is -2.17. The van der Waals surface area contributed by atoms with E-state index in [1.165, 1.54) is 4.68 Å². The second kappa shape index (κ2) is 9.96. The number of ether oxygens (including phenoxy) is 2. The normalized spacial score (nSPS) is 11.8. The van der Waals surface area contributed by atoms with Gasteiger partial charge in [0.2, 0.25) is 0 Å². The molecule has 0 saturated carbocycles. The van der Waals surface area contributed by atoms with Gasteiger partial charge >= 0.3 is 0 Å². The largest absolute Gasteiger partial charge is 0.490 e. The first-order valence-corrected chi connectivity index (χ1v) is 11.7. The van der Waals surface area contributed by atoms with E-state index in [9.17, 15) is 4.79 Å². The molecule has 164 valence electrons. The van der Waals surface area contributed by atoms with E-state index >= 15 is 0 Å². The highest BCUT2D eigenvalue weighted by molar-refractivity contribution is 9.10. The van der Waals surface area contributed by atoms with Crippen molar-refractivity contribution in [3.05, 3.63) is 61.0 Å². The Kier molecular flexibility index (Phi) is 7.54. The zero-order valence-electron chi connectivity index (χ0n) is 18.1. The third kappa shape index (κ3) is 5.36. The maximum Gasteiger partial charge on any atom is 0.282 e. The molecule has 0 fully saturated rings. The van der Waals surface area contributed by atoms with Crippen LogP contribution in [0.25, 0.3) is 10.9 Å². The molecule has 0 bridgehead atoms. The molecule has 0 radical (unpaired) electrons. The van der Waals surface area contributed by atoms with Gasteiger partial charge in [0.15, 0.2) is 11.5 Å². The Balaban J connectivity index is 2.11. The van der Waals surface area contributed by atoms with Gasteiger partial charge in [-0.2, -0.15) is 9.78 Å². The van der Waals surface area contributed by atoms with E-state index < -0.39 is 0 Å². The SMILES string of the molecule is CCOc1cc(C=Nn2c(C(C)C)nc3ccc(Br)cc3c2=O)cc(Br)c1OC(C)C. The Labute approximate surface area is 198 Å². The predicted octanol–water partition coefficient (Wildman–Crippen LogP) is 6.11. The number of halogens is 2. The van der Waals surface area contributed by atoms with Crippen LogP contribution in [0.1, 0.15) is 51.9 Å². The van der Waals surface area contributed by atoms with E-state index in [0.29, 0.717) is 34.8 Å². The Morgan fingerprint density at radius 3 is 2.55 bits per heavy atom. The molecule has 31 heavy (non-hydrogen) atoms. The summed E-state index contributed by atoms with van der Waals surface area (Å²) in [5, 5.41) is 5.00. The molecule has 0 N–H and O–H groups in total. The van der Waals surface area contributed by atoms with Crippen LogP contribution in [0.3, 0.4) is 0 Å². The summed E-state index contributed by atoms with van der Waals surface area (Å²) in [7, 11) is 0. The predicted molar refractivity (Wildman–Crippen MR) is 132 cm³/mol. The molecule has 0 aliphatic heterocycles. The van der Waals surface area contributed by atoms with Crippen molar-refractivity contribution in [1.82, 2.24) is 9.66 Å². The Bertz CT molecular complexity index is 1190. The molecular formula is C23H25Br2N3O3. The fourth-order valence-electron chi connectivity index (χ4n) is 3.05. The van der Waals surface area contributed by atoms with Crippen molar-refractivity contribution in [3.8, 4) is 11.5 Å². The number of aromatic nitrogens is 2. The topological polar surface area (TPSA) is 65.7 Å². The third-order valence-corrected chi connectivity index (χ3v) is 5.44. The summed E-state index contributed by atoms with van der Waals surface area (Å²) < 4.78 is 14.6. The van der Waals surface area contributed by atoms with Gasteiger partial charge in [-0.15, -0.1) is 0 Å². The summed E-state index contributed by atoms with van der Waals surface area (Å²) in [6.07, 6.45) is 1.63. The van der Waals surface area contributed by atoms with Crippen LogP contribution in [0.5, 0.6) is 11.5 Å². The molecule has 0 atom stereocenters. The van der Waals surface area contributed by atoms with Gasteiger partial charge in [-0.3, -0.25) is 4.79 Å². The van der Waals surface area contributed by atoms with Crippen molar-refractivity contribution in [2.45, 2.75) is 46.6 Å². The lowest BCUT2D eigenvalue weighted by atomic mass is 10.2. The van der Waals surface area contributed by atoms with Gasteiger partial charge in [0.25, 0.3) is 5.56 Å². The third-order valence-electron chi connectivity index (χ3n) is 4.36. The lowest BCUT2D eigenvalue weighted by molar-refractivity contribution is 0.222. The van der Waals surface area contributed by atoms with Gasteiger partial charge in [-0.1, -0.05) is 29.8 Å². The molecule has 0 spiro atoms. The van der Waals surface area contributed by atoms with Crippen molar-refractivity contribution in [2.24, 2.45) is 5.10 Å². The van der Waals surface area contributed by atoms with E-state index in [1.54, 1.807) is 12.3 Å². The minimum Gasteiger partial charge on any atom is -0.490 e. The number of benzene rings is 2. The van der Waals surface area contributed by atoms with Crippen LogP contribution in [0, 0.1) is 0 Å². The van der Waals surface area contributed by atoms with Crippen LogP contribution < -0.4 is 15.0 Å². The van der Waals surface area contributed by atoms with Crippen LogP contribution >= 0.6 is 31.9 Å². The van der Waals surface area contributed by atoms with Crippen molar-refractivity contribution >= 4 is 49.0 Å². The first kappa shape index (κ1) is 23.5. The van der Waals surface area contributed by atoms with Gasteiger partial charge in [0.05, 0.1) is 34.3 Å². The van der Waals surface area contributed by atoms with Crippen molar-refractivity contribution < 1.29 is 9.47 Å². The fraction of sp³-hybridized carbons (Fsp3) is 0.348. The molecule has 1 heterocycles. The van der Waals surface area contributed by atoms with E-state index in [1.807, 2.05) is 58.9 Å². The first-order chi connectivity index (χ1) is 14.7. The Morgan fingerprint density at radius 2 is 1.90 bits per heavy atom. The maximum absolute atomic E-state index is 13.2. The second-order valence-electron chi connectivity index (χ2n) is 7.58. The van der Waals surface area contributed by atoms with Gasteiger partial charge in [0, 0.05) is 10.4 Å². The smallest absolute Gasteiger partial charge is 0.282 e. The number of rotatable bonds is 7. The molecule has 3 rings (SSSR count). The van der Waals surface area contributed by atoms with Gasteiger partial charge in [0.1, 0.15) is 5.82 Å². The second-order valence-corrected chi connectivity index (χ2v) is 9.35. The maximum atomic E-state index is 13.2. The molecule has 6 nitrogen and oxygen atoms in total. The highest BCUT2D eigenvalue weighted by atomic mass is 79.9. The standard InChI is InChI=1S/C23H25Br2N3O3/c1-6-30-20-10-15(9-18(25)21(20)31-14(4)5)12-26-28-22(13(2)3)27-19-8-7-16(24)11-17(19)23(28)29/h7-14H,6H2,1-5H3. The van der Waals surface area contributed by atoms with Gasteiger partial charge in [-0.25, -0.2) is 4.98 Å². The Hall–Kier alpha value is -2.19. The summed E-state index contributed by atoms with van der Waals surface area (Å²) in [4.78, 5) is 17.8. The molecule has 1 aromatic heterocycles. The van der Waals surface area contributed by atoms with Crippen LogP contribution in [0.4, 0.5) is 0 Å². The number of fused-ring (bicyclic) bond motifs is 1. The lowest BCUT2D eigenvalue weighted by Crippen LogP contribution is -2.23.